The van der Waals surface area contributed by atoms with Gasteiger partial charge in [0.15, 0.2) is 0 Å². The lowest BCUT2D eigenvalue weighted by atomic mass is 10.1. The van der Waals surface area contributed by atoms with Crippen LogP contribution in [0.1, 0.15) is 24.6 Å². The molecule has 4 nitrogen and oxygen atoms in total. The van der Waals surface area contributed by atoms with Crippen LogP contribution in [0.3, 0.4) is 0 Å². The van der Waals surface area contributed by atoms with Gasteiger partial charge in [-0.2, -0.15) is 0 Å². The summed E-state index contributed by atoms with van der Waals surface area (Å²) in [5.74, 6) is 0. The molecule has 0 atom stereocenters. The van der Waals surface area contributed by atoms with E-state index in [1.165, 1.54) is 28.2 Å². The van der Waals surface area contributed by atoms with E-state index in [0.29, 0.717) is 0 Å². The van der Waals surface area contributed by atoms with E-state index in [1.54, 1.807) is 6.20 Å². The second-order valence-electron chi connectivity index (χ2n) is 6.86. The number of benzene rings is 2. The fourth-order valence-corrected chi connectivity index (χ4v) is 3.59. The van der Waals surface area contributed by atoms with E-state index < -0.39 is 0 Å². The molecule has 0 saturated heterocycles. The summed E-state index contributed by atoms with van der Waals surface area (Å²) in [6, 6.07) is 19.2. The molecule has 2 heterocycles. The van der Waals surface area contributed by atoms with Crippen molar-refractivity contribution in [3.63, 3.8) is 0 Å². The number of hydrogen-bond acceptors (Lipinski definition) is 2. The van der Waals surface area contributed by atoms with Crippen LogP contribution in [0.4, 0.5) is 5.69 Å². The van der Waals surface area contributed by atoms with E-state index in [9.17, 15) is 0 Å². The molecule has 2 N–H and O–H groups in total. The minimum Gasteiger partial charge on any atom is -0.399 e. The molecule has 0 aliphatic rings. The predicted octanol–water partition coefficient (Wildman–Crippen LogP) is 5.17. The van der Waals surface area contributed by atoms with Gasteiger partial charge in [0.2, 0.25) is 0 Å². The highest BCUT2D eigenvalue weighted by molar-refractivity contribution is 5.67. The van der Waals surface area contributed by atoms with E-state index in [4.69, 9.17) is 5.73 Å². The zero-order valence-corrected chi connectivity index (χ0v) is 15.8. The van der Waals surface area contributed by atoms with Crippen LogP contribution in [-0.2, 0) is 6.42 Å². The Balaban J connectivity index is 1.81. The summed E-state index contributed by atoms with van der Waals surface area (Å²) in [5, 5.41) is 0. The molecule has 27 heavy (non-hydrogen) atoms. The average Bonchev–Trinajstić information content (AvgIpc) is 3.33. The van der Waals surface area contributed by atoms with Gasteiger partial charge < -0.3 is 14.9 Å². The van der Waals surface area contributed by atoms with Gasteiger partial charge in [0.25, 0.3) is 0 Å². The molecule has 0 unspecified atom stereocenters. The maximum atomic E-state index is 5.97. The first-order chi connectivity index (χ1) is 13.2. The predicted molar refractivity (Wildman–Crippen MR) is 111 cm³/mol. The Labute approximate surface area is 159 Å². The first-order valence-electron chi connectivity index (χ1n) is 9.33. The van der Waals surface area contributed by atoms with Gasteiger partial charge in [-0.05, 0) is 66.9 Å². The van der Waals surface area contributed by atoms with Crippen molar-refractivity contribution in [3.8, 4) is 22.6 Å². The molecular weight excluding hydrogens is 332 g/mol. The van der Waals surface area contributed by atoms with Crippen LogP contribution in [0.15, 0.2) is 73.3 Å². The second-order valence-corrected chi connectivity index (χ2v) is 6.86. The van der Waals surface area contributed by atoms with Crippen molar-refractivity contribution in [2.24, 2.45) is 0 Å². The number of nitrogen functional groups attached to an aromatic ring is 1. The number of imidazole rings is 1. The Morgan fingerprint density at radius 2 is 1.81 bits per heavy atom. The maximum Gasteiger partial charge on any atom is 0.0991 e. The SMILES string of the molecule is CCCc1ccc(-c2ccc(-n3ccnc3)cc2)n1-c1ccc(N)cc1C. The number of aryl methyl sites for hydroxylation is 2. The normalized spacial score (nSPS) is 11.0. The third-order valence-corrected chi connectivity index (χ3v) is 4.90. The molecule has 4 heteroatoms. The minimum absolute atomic E-state index is 0.798. The Kier molecular flexibility index (Phi) is 4.55. The molecular formula is C23H24N4. The number of nitrogens with zero attached hydrogens (tertiary/aromatic N) is 3. The number of nitrogens with two attached hydrogens (primary N) is 1. The van der Waals surface area contributed by atoms with Crippen LogP contribution in [0, 0.1) is 6.92 Å². The molecule has 0 spiro atoms. The molecule has 0 fully saturated rings. The fourth-order valence-electron chi connectivity index (χ4n) is 3.59. The quantitative estimate of drug-likeness (QED) is 0.501. The van der Waals surface area contributed by atoms with Gasteiger partial charge in [0.1, 0.15) is 0 Å². The summed E-state index contributed by atoms with van der Waals surface area (Å²) >= 11 is 0. The van der Waals surface area contributed by atoms with Gasteiger partial charge in [0, 0.05) is 35.1 Å². The maximum absolute atomic E-state index is 5.97. The molecule has 136 valence electrons. The summed E-state index contributed by atoms with van der Waals surface area (Å²) in [7, 11) is 0. The third kappa shape index (κ3) is 3.26. The minimum atomic E-state index is 0.798. The van der Waals surface area contributed by atoms with Crippen LogP contribution < -0.4 is 5.73 Å². The molecule has 0 amide bonds. The molecule has 4 rings (SSSR count). The van der Waals surface area contributed by atoms with Gasteiger partial charge in [-0.15, -0.1) is 0 Å². The van der Waals surface area contributed by atoms with Crippen LogP contribution in [0.2, 0.25) is 0 Å². The molecule has 4 aromatic rings. The Bertz CT molecular complexity index is 1040. The van der Waals surface area contributed by atoms with Crippen LogP contribution in [0.5, 0.6) is 0 Å². The van der Waals surface area contributed by atoms with E-state index in [0.717, 1.165) is 24.2 Å². The van der Waals surface area contributed by atoms with Gasteiger partial charge >= 0.3 is 0 Å². The standard InChI is InChI=1S/C23H24N4/c1-3-4-21-10-12-23(27(21)22-11-7-19(24)15-17(22)2)18-5-8-20(9-6-18)26-14-13-25-16-26/h5-16H,3-4,24H2,1-2H3. The van der Waals surface area contributed by atoms with Gasteiger partial charge in [-0.1, -0.05) is 25.5 Å². The Morgan fingerprint density at radius 1 is 1.00 bits per heavy atom. The Morgan fingerprint density at radius 3 is 2.48 bits per heavy atom. The summed E-state index contributed by atoms with van der Waals surface area (Å²) in [5.41, 5.74) is 13.9. The second kappa shape index (κ2) is 7.16. The number of rotatable bonds is 5. The zero-order valence-electron chi connectivity index (χ0n) is 15.8. The Hall–Kier alpha value is -3.27. The number of anilines is 1. The lowest BCUT2D eigenvalue weighted by Gasteiger charge is -2.17. The van der Waals surface area contributed by atoms with Gasteiger partial charge in [-0.3, -0.25) is 0 Å². The third-order valence-electron chi connectivity index (χ3n) is 4.90. The highest BCUT2D eigenvalue weighted by atomic mass is 15.0. The van der Waals surface area contributed by atoms with Crippen molar-refractivity contribution in [3.05, 3.63) is 84.6 Å². The first kappa shape index (κ1) is 17.2. The molecule has 0 aliphatic carbocycles. The van der Waals surface area contributed by atoms with Crippen LogP contribution >= 0.6 is 0 Å². The summed E-state index contributed by atoms with van der Waals surface area (Å²) in [6.07, 6.45) is 7.71. The van der Waals surface area contributed by atoms with Crippen molar-refractivity contribution in [2.45, 2.75) is 26.7 Å². The highest BCUT2D eigenvalue weighted by Gasteiger charge is 2.13. The average molecular weight is 356 g/mol. The molecule has 2 aromatic carbocycles. The van der Waals surface area contributed by atoms with Crippen LogP contribution in [0.25, 0.3) is 22.6 Å². The molecule has 0 aliphatic heterocycles. The van der Waals surface area contributed by atoms with Crippen molar-refractivity contribution in [1.82, 2.24) is 14.1 Å². The lowest BCUT2D eigenvalue weighted by Crippen LogP contribution is -2.04. The van der Waals surface area contributed by atoms with Gasteiger partial charge in [-0.25, -0.2) is 4.98 Å². The number of hydrogen-bond donors (Lipinski definition) is 1. The largest absolute Gasteiger partial charge is 0.399 e. The smallest absolute Gasteiger partial charge is 0.0991 e. The molecule has 2 aromatic heterocycles. The van der Waals surface area contributed by atoms with E-state index in [1.807, 2.05) is 29.2 Å². The topological polar surface area (TPSA) is 48.8 Å². The number of aromatic nitrogens is 3. The summed E-state index contributed by atoms with van der Waals surface area (Å²) in [4.78, 5) is 4.12. The van der Waals surface area contributed by atoms with Crippen molar-refractivity contribution < 1.29 is 0 Å². The van der Waals surface area contributed by atoms with Crippen molar-refractivity contribution >= 4 is 5.69 Å². The first-order valence-corrected chi connectivity index (χ1v) is 9.33. The fraction of sp³-hybridized carbons (Fsp3) is 0.174. The summed E-state index contributed by atoms with van der Waals surface area (Å²) < 4.78 is 4.37. The van der Waals surface area contributed by atoms with E-state index >= 15 is 0 Å². The van der Waals surface area contributed by atoms with E-state index in [-0.39, 0.29) is 0 Å². The zero-order chi connectivity index (χ0) is 18.8. The van der Waals surface area contributed by atoms with Crippen molar-refractivity contribution in [2.75, 3.05) is 5.73 Å². The van der Waals surface area contributed by atoms with Crippen molar-refractivity contribution in [1.29, 1.82) is 0 Å². The molecule has 0 radical (unpaired) electrons. The van der Waals surface area contributed by atoms with Crippen LogP contribution in [-0.4, -0.2) is 14.1 Å². The monoisotopic (exact) mass is 356 g/mol. The van der Waals surface area contributed by atoms with Gasteiger partial charge in [0.05, 0.1) is 12.0 Å². The van der Waals surface area contributed by atoms with E-state index in [2.05, 4.69) is 65.9 Å². The summed E-state index contributed by atoms with van der Waals surface area (Å²) in [6.45, 7) is 4.33. The lowest BCUT2D eigenvalue weighted by molar-refractivity contribution is 0.844. The highest BCUT2D eigenvalue weighted by Crippen LogP contribution is 2.30. The molecule has 0 saturated carbocycles. The molecule has 0 bridgehead atoms.